The number of carbonyl (C=O) groups excluding carboxylic acids is 2. The zero-order valence-electron chi connectivity index (χ0n) is 10.7. The number of rotatable bonds is 3. The first-order chi connectivity index (χ1) is 8.63. The summed E-state index contributed by atoms with van der Waals surface area (Å²) in [5.41, 5.74) is 1.50. The van der Waals surface area contributed by atoms with E-state index in [0.29, 0.717) is 12.2 Å². The Morgan fingerprint density at radius 2 is 2.06 bits per heavy atom. The highest BCUT2D eigenvalue weighted by Gasteiger charge is 2.30. The van der Waals surface area contributed by atoms with Crippen molar-refractivity contribution in [2.45, 2.75) is 19.3 Å². The minimum Gasteiger partial charge on any atom is -0.462 e. The standard InChI is InChI=1S/C14H17NO3/c1-3-18-14(17)11-6-4-10(5-7-11)12-8-9-15(2)13(12)16/h4-7,12H,3,8-9H2,1-2H3/t12-/m0/s1. The average Bonchev–Trinajstić information content (AvgIpc) is 2.71. The Hall–Kier alpha value is -1.84. The summed E-state index contributed by atoms with van der Waals surface area (Å²) in [5, 5.41) is 0. The van der Waals surface area contributed by atoms with Crippen LogP contribution in [-0.4, -0.2) is 37.0 Å². The zero-order chi connectivity index (χ0) is 13.1. The molecule has 4 heteroatoms. The van der Waals surface area contributed by atoms with Gasteiger partial charge in [-0.15, -0.1) is 0 Å². The number of esters is 1. The second-order valence-electron chi connectivity index (χ2n) is 4.44. The molecule has 1 saturated heterocycles. The van der Waals surface area contributed by atoms with Crippen LogP contribution in [-0.2, 0) is 9.53 Å². The van der Waals surface area contributed by atoms with Gasteiger partial charge < -0.3 is 9.64 Å². The molecule has 0 saturated carbocycles. The number of likely N-dealkylation sites (N-methyl/N-ethyl adjacent to an activating group) is 1. The Labute approximate surface area is 107 Å². The molecule has 0 N–H and O–H groups in total. The molecule has 1 fully saturated rings. The van der Waals surface area contributed by atoms with Crippen LogP contribution in [0.15, 0.2) is 24.3 Å². The maximum atomic E-state index is 11.9. The first-order valence-corrected chi connectivity index (χ1v) is 6.15. The maximum absolute atomic E-state index is 11.9. The lowest BCUT2D eigenvalue weighted by Crippen LogP contribution is -2.21. The number of hydrogen-bond donors (Lipinski definition) is 0. The number of amides is 1. The Morgan fingerprint density at radius 3 is 2.56 bits per heavy atom. The summed E-state index contributed by atoms with van der Waals surface area (Å²) in [6.45, 7) is 2.94. The maximum Gasteiger partial charge on any atom is 0.338 e. The van der Waals surface area contributed by atoms with Gasteiger partial charge in [-0.25, -0.2) is 4.79 Å². The fourth-order valence-electron chi connectivity index (χ4n) is 2.20. The van der Waals surface area contributed by atoms with Gasteiger partial charge in [-0.2, -0.15) is 0 Å². The van der Waals surface area contributed by atoms with E-state index in [4.69, 9.17) is 4.74 Å². The Bertz CT molecular complexity index is 453. The quantitative estimate of drug-likeness (QED) is 0.765. The molecule has 1 aromatic rings. The van der Waals surface area contributed by atoms with E-state index in [9.17, 15) is 9.59 Å². The van der Waals surface area contributed by atoms with Gasteiger partial charge in [0.15, 0.2) is 0 Å². The van der Waals surface area contributed by atoms with Crippen LogP contribution in [0.25, 0.3) is 0 Å². The molecule has 4 nitrogen and oxygen atoms in total. The molecule has 1 aromatic carbocycles. The van der Waals surface area contributed by atoms with Gasteiger partial charge in [0, 0.05) is 13.6 Å². The lowest BCUT2D eigenvalue weighted by Gasteiger charge is -2.11. The van der Waals surface area contributed by atoms with Gasteiger partial charge in [0.25, 0.3) is 0 Å². The highest BCUT2D eigenvalue weighted by Crippen LogP contribution is 2.27. The van der Waals surface area contributed by atoms with E-state index < -0.39 is 0 Å². The predicted molar refractivity (Wildman–Crippen MR) is 67.4 cm³/mol. The Kier molecular flexibility index (Phi) is 3.65. The number of likely N-dealkylation sites (tertiary alicyclic amines) is 1. The van der Waals surface area contributed by atoms with Gasteiger partial charge in [0.1, 0.15) is 0 Å². The van der Waals surface area contributed by atoms with Crippen LogP contribution >= 0.6 is 0 Å². The minimum absolute atomic E-state index is 0.0637. The van der Waals surface area contributed by atoms with Crippen molar-refractivity contribution in [1.82, 2.24) is 4.90 Å². The van der Waals surface area contributed by atoms with E-state index >= 15 is 0 Å². The molecule has 1 aliphatic heterocycles. The third-order valence-electron chi connectivity index (χ3n) is 3.25. The second-order valence-corrected chi connectivity index (χ2v) is 4.44. The largest absolute Gasteiger partial charge is 0.462 e. The van der Waals surface area contributed by atoms with Crippen molar-refractivity contribution in [3.05, 3.63) is 35.4 Å². The van der Waals surface area contributed by atoms with E-state index in [2.05, 4.69) is 0 Å². The molecule has 1 aliphatic rings. The number of nitrogens with zero attached hydrogens (tertiary/aromatic N) is 1. The van der Waals surface area contributed by atoms with Gasteiger partial charge in [0.2, 0.25) is 5.91 Å². The summed E-state index contributed by atoms with van der Waals surface area (Å²) < 4.78 is 4.92. The highest BCUT2D eigenvalue weighted by molar-refractivity contribution is 5.90. The van der Waals surface area contributed by atoms with Gasteiger partial charge in [-0.1, -0.05) is 12.1 Å². The van der Waals surface area contributed by atoms with Gasteiger partial charge >= 0.3 is 5.97 Å². The molecule has 0 spiro atoms. The van der Waals surface area contributed by atoms with Crippen molar-refractivity contribution in [3.63, 3.8) is 0 Å². The van der Waals surface area contributed by atoms with Gasteiger partial charge in [0.05, 0.1) is 18.1 Å². The van der Waals surface area contributed by atoms with Crippen LogP contribution in [0.2, 0.25) is 0 Å². The van der Waals surface area contributed by atoms with Crippen LogP contribution in [0.3, 0.4) is 0 Å². The molecule has 1 amide bonds. The number of benzene rings is 1. The SMILES string of the molecule is CCOC(=O)c1ccc([C@@H]2CCN(C)C2=O)cc1. The smallest absolute Gasteiger partial charge is 0.338 e. The molecule has 1 heterocycles. The molecule has 18 heavy (non-hydrogen) atoms. The summed E-state index contributed by atoms with van der Waals surface area (Å²) >= 11 is 0. The van der Waals surface area contributed by atoms with Crippen molar-refractivity contribution in [2.24, 2.45) is 0 Å². The molecule has 0 bridgehead atoms. The van der Waals surface area contributed by atoms with Crippen molar-refractivity contribution in [1.29, 1.82) is 0 Å². The summed E-state index contributed by atoms with van der Waals surface area (Å²) in [7, 11) is 1.81. The van der Waals surface area contributed by atoms with Gasteiger partial charge in [-0.3, -0.25) is 4.79 Å². The minimum atomic E-state index is -0.320. The third kappa shape index (κ3) is 2.37. The molecule has 96 valence electrons. The summed E-state index contributed by atoms with van der Waals surface area (Å²) in [6.07, 6.45) is 0.841. The van der Waals surface area contributed by atoms with E-state index in [1.807, 2.05) is 19.2 Å². The molecule has 1 atom stereocenters. The normalized spacial score (nSPS) is 19.1. The fourth-order valence-corrected chi connectivity index (χ4v) is 2.20. The monoisotopic (exact) mass is 247 g/mol. The van der Waals surface area contributed by atoms with Crippen molar-refractivity contribution in [3.8, 4) is 0 Å². The molecule has 0 unspecified atom stereocenters. The zero-order valence-corrected chi connectivity index (χ0v) is 10.7. The van der Waals surface area contributed by atoms with E-state index in [1.54, 1.807) is 24.0 Å². The molecule has 0 aliphatic carbocycles. The van der Waals surface area contributed by atoms with Crippen LogP contribution in [0.5, 0.6) is 0 Å². The van der Waals surface area contributed by atoms with Crippen LogP contribution in [0.4, 0.5) is 0 Å². The van der Waals surface area contributed by atoms with Crippen LogP contribution in [0.1, 0.15) is 35.2 Å². The predicted octanol–water partition coefficient (Wildman–Crippen LogP) is 1.81. The topological polar surface area (TPSA) is 46.6 Å². The van der Waals surface area contributed by atoms with Crippen molar-refractivity contribution < 1.29 is 14.3 Å². The number of hydrogen-bond acceptors (Lipinski definition) is 3. The summed E-state index contributed by atoms with van der Waals surface area (Å²) in [6, 6.07) is 7.12. The van der Waals surface area contributed by atoms with Crippen LogP contribution < -0.4 is 0 Å². The Balaban J connectivity index is 2.13. The number of carbonyl (C=O) groups is 2. The molecular weight excluding hydrogens is 230 g/mol. The third-order valence-corrected chi connectivity index (χ3v) is 3.25. The van der Waals surface area contributed by atoms with E-state index in [-0.39, 0.29) is 17.8 Å². The second kappa shape index (κ2) is 5.21. The fraction of sp³-hybridized carbons (Fsp3) is 0.429. The molecular formula is C14H17NO3. The average molecular weight is 247 g/mol. The van der Waals surface area contributed by atoms with Gasteiger partial charge in [-0.05, 0) is 31.0 Å². The summed E-state index contributed by atoms with van der Waals surface area (Å²) in [4.78, 5) is 25.1. The van der Waals surface area contributed by atoms with Crippen molar-refractivity contribution in [2.75, 3.05) is 20.2 Å². The summed E-state index contributed by atoms with van der Waals surface area (Å²) in [5.74, 6) is -0.232. The number of ether oxygens (including phenoxy) is 1. The highest BCUT2D eigenvalue weighted by atomic mass is 16.5. The van der Waals surface area contributed by atoms with Crippen LogP contribution in [0, 0.1) is 0 Å². The molecule has 0 radical (unpaired) electrons. The lowest BCUT2D eigenvalue weighted by atomic mass is 9.97. The molecule has 0 aromatic heterocycles. The molecule has 2 rings (SSSR count). The Morgan fingerprint density at radius 1 is 1.39 bits per heavy atom. The lowest BCUT2D eigenvalue weighted by molar-refractivity contribution is -0.127. The first-order valence-electron chi connectivity index (χ1n) is 6.15. The van der Waals surface area contributed by atoms with Crippen molar-refractivity contribution >= 4 is 11.9 Å². The first kappa shape index (κ1) is 12.6. The van der Waals surface area contributed by atoms with E-state index in [1.165, 1.54) is 0 Å². The van der Waals surface area contributed by atoms with E-state index in [0.717, 1.165) is 18.5 Å².